The second kappa shape index (κ2) is 5.21. The second-order valence-electron chi connectivity index (χ2n) is 4.68. The van der Waals surface area contributed by atoms with E-state index in [-0.39, 0.29) is 5.97 Å². The van der Waals surface area contributed by atoms with Crippen LogP contribution in [0, 0.1) is 0 Å². The molecule has 2 aromatic rings. The van der Waals surface area contributed by atoms with Gasteiger partial charge in [-0.15, -0.1) is 11.3 Å². The SMILES string of the molecule is CCOC(=O)c1cc2cc(C(C)(C)F)cc(Br)c2s1. The summed E-state index contributed by atoms with van der Waals surface area (Å²) >= 11 is 4.78. The molecule has 102 valence electrons. The number of hydrogen-bond acceptors (Lipinski definition) is 3. The molecule has 0 unspecified atom stereocenters. The first-order valence-electron chi connectivity index (χ1n) is 5.92. The van der Waals surface area contributed by atoms with E-state index in [1.165, 1.54) is 25.2 Å². The van der Waals surface area contributed by atoms with Crippen molar-refractivity contribution in [2.24, 2.45) is 0 Å². The number of fused-ring (bicyclic) bond motifs is 1. The van der Waals surface area contributed by atoms with Crippen LogP contribution >= 0.6 is 27.3 Å². The monoisotopic (exact) mass is 344 g/mol. The summed E-state index contributed by atoms with van der Waals surface area (Å²) < 4.78 is 20.7. The summed E-state index contributed by atoms with van der Waals surface area (Å²) in [6, 6.07) is 5.28. The molecule has 0 fully saturated rings. The summed E-state index contributed by atoms with van der Waals surface area (Å²) in [5.74, 6) is -0.336. The topological polar surface area (TPSA) is 26.3 Å². The molecule has 0 radical (unpaired) electrons. The zero-order valence-electron chi connectivity index (χ0n) is 10.9. The molecule has 1 heterocycles. The van der Waals surface area contributed by atoms with Crippen LogP contribution in [0.5, 0.6) is 0 Å². The van der Waals surface area contributed by atoms with Crippen molar-refractivity contribution in [1.82, 2.24) is 0 Å². The number of benzene rings is 1. The van der Waals surface area contributed by atoms with Crippen LogP contribution in [0.25, 0.3) is 10.1 Å². The van der Waals surface area contributed by atoms with Gasteiger partial charge >= 0.3 is 5.97 Å². The fourth-order valence-electron chi connectivity index (χ4n) is 1.76. The van der Waals surface area contributed by atoms with E-state index in [9.17, 15) is 9.18 Å². The Balaban J connectivity index is 2.54. The number of esters is 1. The highest BCUT2D eigenvalue weighted by Crippen LogP contribution is 2.37. The van der Waals surface area contributed by atoms with Crippen LogP contribution in [0.3, 0.4) is 0 Å². The minimum atomic E-state index is -1.41. The van der Waals surface area contributed by atoms with Gasteiger partial charge in [0.1, 0.15) is 10.5 Å². The number of ether oxygens (including phenoxy) is 1. The van der Waals surface area contributed by atoms with Crippen molar-refractivity contribution in [2.45, 2.75) is 26.4 Å². The highest BCUT2D eigenvalue weighted by molar-refractivity contribution is 9.10. The number of rotatable bonds is 3. The van der Waals surface area contributed by atoms with Gasteiger partial charge < -0.3 is 4.74 Å². The molecule has 0 saturated carbocycles. The normalized spacial score (nSPS) is 11.8. The minimum Gasteiger partial charge on any atom is -0.462 e. The zero-order valence-corrected chi connectivity index (χ0v) is 13.3. The molecule has 1 aromatic carbocycles. The molecule has 0 bridgehead atoms. The third kappa shape index (κ3) is 2.98. The Morgan fingerprint density at radius 3 is 2.68 bits per heavy atom. The Morgan fingerprint density at radius 2 is 2.11 bits per heavy atom. The first kappa shape index (κ1) is 14.5. The van der Waals surface area contributed by atoms with Gasteiger partial charge in [-0.3, -0.25) is 0 Å². The smallest absolute Gasteiger partial charge is 0.348 e. The van der Waals surface area contributed by atoms with E-state index >= 15 is 0 Å². The van der Waals surface area contributed by atoms with Crippen LogP contribution in [0.1, 0.15) is 36.0 Å². The van der Waals surface area contributed by atoms with Gasteiger partial charge in [-0.1, -0.05) is 0 Å². The van der Waals surface area contributed by atoms with E-state index in [1.54, 1.807) is 25.1 Å². The van der Waals surface area contributed by atoms with Crippen molar-refractivity contribution >= 4 is 43.3 Å². The summed E-state index contributed by atoms with van der Waals surface area (Å²) in [6.45, 7) is 5.14. The quantitative estimate of drug-likeness (QED) is 0.728. The fraction of sp³-hybridized carbons (Fsp3) is 0.357. The molecule has 0 N–H and O–H groups in total. The maximum atomic E-state index is 14.0. The Labute approximate surface area is 123 Å². The van der Waals surface area contributed by atoms with Crippen molar-refractivity contribution in [3.05, 3.63) is 33.1 Å². The molecule has 2 nitrogen and oxygen atoms in total. The van der Waals surface area contributed by atoms with E-state index in [4.69, 9.17) is 4.74 Å². The third-order valence-corrected chi connectivity index (χ3v) is 4.79. The third-order valence-electron chi connectivity index (χ3n) is 2.73. The number of hydrogen-bond donors (Lipinski definition) is 0. The molecule has 0 aliphatic rings. The highest BCUT2D eigenvalue weighted by atomic mass is 79.9. The van der Waals surface area contributed by atoms with Crippen molar-refractivity contribution in [3.63, 3.8) is 0 Å². The van der Waals surface area contributed by atoms with Crippen molar-refractivity contribution in [2.75, 3.05) is 6.61 Å². The largest absolute Gasteiger partial charge is 0.462 e. The molecule has 0 amide bonds. The standard InChI is InChI=1S/C14H14BrFO2S/c1-4-18-13(17)11-6-8-5-9(14(2,3)16)7-10(15)12(8)19-11/h5-7H,4H2,1-3H3. The first-order valence-corrected chi connectivity index (χ1v) is 7.53. The number of thiophene rings is 1. The lowest BCUT2D eigenvalue weighted by molar-refractivity contribution is 0.0532. The molecule has 5 heteroatoms. The molecule has 19 heavy (non-hydrogen) atoms. The van der Waals surface area contributed by atoms with Crippen LogP contribution in [0.4, 0.5) is 4.39 Å². The van der Waals surface area contributed by atoms with E-state index < -0.39 is 5.67 Å². The lowest BCUT2D eigenvalue weighted by Crippen LogP contribution is -2.08. The predicted molar refractivity (Wildman–Crippen MR) is 79.6 cm³/mol. The van der Waals surface area contributed by atoms with Gasteiger partial charge in [0, 0.05) is 9.17 Å². The molecule has 0 saturated heterocycles. The Hall–Kier alpha value is -0.940. The summed E-state index contributed by atoms with van der Waals surface area (Å²) in [5, 5.41) is 0.850. The van der Waals surface area contributed by atoms with Gasteiger partial charge in [0.25, 0.3) is 0 Å². The van der Waals surface area contributed by atoms with Crippen LogP contribution in [0.2, 0.25) is 0 Å². The molecular weight excluding hydrogens is 331 g/mol. The van der Waals surface area contributed by atoms with E-state index in [1.807, 2.05) is 0 Å². The van der Waals surface area contributed by atoms with Crippen molar-refractivity contribution in [1.29, 1.82) is 0 Å². The van der Waals surface area contributed by atoms with E-state index in [0.29, 0.717) is 17.0 Å². The zero-order chi connectivity index (χ0) is 14.2. The first-order chi connectivity index (χ1) is 8.82. The average Bonchev–Trinajstić information content (AvgIpc) is 2.72. The van der Waals surface area contributed by atoms with Gasteiger partial charge in [0.05, 0.1) is 6.61 Å². The molecule has 0 aliphatic heterocycles. The predicted octanol–water partition coefficient (Wildman–Crippen LogP) is 5.05. The fourth-order valence-corrected chi connectivity index (χ4v) is 3.41. The lowest BCUT2D eigenvalue weighted by atomic mass is 9.99. The number of carbonyl (C=O) groups is 1. The molecule has 0 aliphatic carbocycles. The van der Waals surface area contributed by atoms with Gasteiger partial charge in [0.15, 0.2) is 0 Å². The van der Waals surface area contributed by atoms with Gasteiger partial charge in [-0.2, -0.15) is 0 Å². The summed E-state index contributed by atoms with van der Waals surface area (Å²) in [4.78, 5) is 12.2. The van der Waals surface area contributed by atoms with Gasteiger partial charge in [0.2, 0.25) is 0 Å². The summed E-state index contributed by atoms with van der Waals surface area (Å²) in [5.41, 5.74) is -0.831. The summed E-state index contributed by atoms with van der Waals surface area (Å²) in [7, 11) is 0. The number of alkyl halides is 1. The van der Waals surface area contributed by atoms with Crippen molar-refractivity contribution < 1.29 is 13.9 Å². The molecule has 0 atom stereocenters. The van der Waals surface area contributed by atoms with Crippen molar-refractivity contribution in [3.8, 4) is 0 Å². The van der Waals surface area contributed by atoms with Crippen LogP contribution in [0.15, 0.2) is 22.7 Å². The van der Waals surface area contributed by atoms with E-state index in [2.05, 4.69) is 15.9 Å². The Morgan fingerprint density at radius 1 is 1.42 bits per heavy atom. The minimum absolute atomic E-state index is 0.336. The maximum Gasteiger partial charge on any atom is 0.348 e. The number of halogens is 2. The van der Waals surface area contributed by atoms with E-state index in [0.717, 1.165) is 14.6 Å². The molecular formula is C14H14BrFO2S. The lowest BCUT2D eigenvalue weighted by Gasteiger charge is -2.15. The Kier molecular flexibility index (Phi) is 3.97. The molecule has 0 spiro atoms. The van der Waals surface area contributed by atoms with Gasteiger partial charge in [-0.25, -0.2) is 9.18 Å². The van der Waals surface area contributed by atoms with Gasteiger partial charge in [-0.05, 0) is 65.8 Å². The van der Waals surface area contributed by atoms with Crippen LogP contribution in [-0.2, 0) is 10.4 Å². The molecule has 1 aromatic heterocycles. The summed E-state index contributed by atoms with van der Waals surface area (Å²) in [6.07, 6.45) is 0. The average molecular weight is 345 g/mol. The Bertz CT molecular complexity index is 628. The number of carbonyl (C=O) groups excluding carboxylic acids is 1. The molecule has 2 rings (SSSR count). The van der Waals surface area contributed by atoms with Crippen LogP contribution < -0.4 is 0 Å². The highest BCUT2D eigenvalue weighted by Gasteiger charge is 2.21. The van der Waals surface area contributed by atoms with Crippen LogP contribution in [-0.4, -0.2) is 12.6 Å². The maximum absolute atomic E-state index is 14.0. The second-order valence-corrected chi connectivity index (χ2v) is 6.59.